The van der Waals surface area contributed by atoms with Gasteiger partial charge in [0.05, 0.1) is 22.7 Å². The van der Waals surface area contributed by atoms with Crippen molar-refractivity contribution in [2.24, 2.45) is 22.2 Å². The number of nitrogens with one attached hydrogen (secondary N) is 2. The van der Waals surface area contributed by atoms with Crippen molar-refractivity contribution in [3.63, 3.8) is 0 Å². The average Bonchev–Trinajstić information content (AvgIpc) is 2.73. The predicted molar refractivity (Wildman–Crippen MR) is 125 cm³/mol. The van der Waals surface area contributed by atoms with Crippen LogP contribution in [0.4, 0.5) is 11.4 Å². The highest BCUT2D eigenvalue weighted by Gasteiger charge is 2.51. The number of anilines is 2. The lowest BCUT2D eigenvalue weighted by molar-refractivity contribution is -0.112. The third-order valence-electron chi connectivity index (χ3n) is 7.70. The molecular formula is C24H28N4O3S. The van der Waals surface area contributed by atoms with E-state index in [1.807, 2.05) is 18.2 Å². The number of sulfonamides is 1. The molecule has 0 radical (unpaired) electrons. The van der Waals surface area contributed by atoms with Crippen molar-refractivity contribution in [1.82, 2.24) is 4.90 Å². The lowest BCUT2D eigenvalue weighted by Crippen LogP contribution is -2.54. The van der Waals surface area contributed by atoms with E-state index in [1.54, 1.807) is 23.3 Å². The molecule has 2 N–H and O–H groups in total. The first-order chi connectivity index (χ1) is 15.4. The molecule has 4 aliphatic carbocycles. The summed E-state index contributed by atoms with van der Waals surface area (Å²) >= 11 is 0. The van der Waals surface area contributed by atoms with E-state index < -0.39 is 10.0 Å². The van der Waals surface area contributed by atoms with Crippen LogP contribution in [0.5, 0.6) is 0 Å². The number of fused-ring (bicyclic) bond motifs is 1. The van der Waals surface area contributed by atoms with Gasteiger partial charge >= 0.3 is 0 Å². The van der Waals surface area contributed by atoms with Gasteiger partial charge in [0, 0.05) is 18.3 Å². The van der Waals surface area contributed by atoms with E-state index in [0.717, 1.165) is 29.1 Å². The smallest absolute Gasteiger partial charge is 0.257 e. The van der Waals surface area contributed by atoms with Crippen molar-refractivity contribution >= 4 is 33.1 Å². The standard InChI is InChI=1S/C24H28N4O3S/c29-23(19-5-6-22-27-32(30,31)8-7-28(22)15-19)25-20-3-1-2-4-21(20)26-24-12-16-9-17(13-24)11-18(10-16)14-24/h1-6,15-18,26H,7-14H2,(H,25,29). The molecule has 0 atom stereocenters. The Morgan fingerprint density at radius 1 is 1.00 bits per heavy atom. The van der Waals surface area contributed by atoms with E-state index in [-0.39, 0.29) is 17.2 Å². The van der Waals surface area contributed by atoms with Gasteiger partial charge in [0.1, 0.15) is 5.84 Å². The minimum Gasteiger partial charge on any atom is -0.378 e. The molecular weight excluding hydrogens is 424 g/mol. The molecule has 4 fully saturated rings. The maximum absolute atomic E-state index is 13.0. The van der Waals surface area contributed by atoms with Crippen LogP contribution in [-0.2, 0) is 14.8 Å². The van der Waals surface area contributed by atoms with Crippen molar-refractivity contribution in [2.75, 3.05) is 22.9 Å². The zero-order valence-electron chi connectivity index (χ0n) is 18.0. The summed E-state index contributed by atoms with van der Waals surface area (Å²) in [5.41, 5.74) is 2.40. The van der Waals surface area contributed by atoms with Crippen LogP contribution in [0.2, 0.25) is 0 Å². The van der Waals surface area contributed by atoms with Gasteiger partial charge < -0.3 is 15.5 Å². The molecule has 4 bridgehead atoms. The van der Waals surface area contributed by atoms with E-state index in [9.17, 15) is 13.2 Å². The van der Waals surface area contributed by atoms with Crippen molar-refractivity contribution in [1.29, 1.82) is 0 Å². The molecule has 168 valence electrons. The highest BCUT2D eigenvalue weighted by atomic mass is 32.2. The Hall–Kier alpha value is -2.61. The Bertz CT molecular complexity index is 1130. The molecule has 7 rings (SSSR count). The molecule has 0 aromatic heterocycles. The van der Waals surface area contributed by atoms with Crippen LogP contribution in [0.25, 0.3) is 0 Å². The molecule has 32 heavy (non-hydrogen) atoms. The molecule has 1 aromatic carbocycles. The number of benzene rings is 1. The summed E-state index contributed by atoms with van der Waals surface area (Å²) in [5, 5.41) is 6.94. The van der Waals surface area contributed by atoms with E-state index >= 15 is 0 Å². The first-order valence-electron chi connectivity index (χ1n) is 11.5. The Morgan fingerprint density at radius 2 is 1.66 bits per heavy atom. The Labute approximate surface area is 188 Å². The number of carbonyl (C=O) groups excluding carboxylic acids is 1. The second kappa shape index (κ2) is 7.20. The monoisotopic (exact) mass is 452 g/mol. The largest absolute Gasteiger partial charge is 0.378 e. The first kappa shape index (κ1) is 20.0. The molecule has 1 aromatic rings. The van der Waals surface area contributed by atoms with Gasteiger partial charge in [-0.05, 0) is 80.6 Å². The Balaban J connectivity index is 1.20. The maximum atomic E-state index is 13.0. The fourth-order valence-corrected chi connectivity index (χ4v) is 7.75. The highest BCUT2D eigenvalue weighted by molar-refractivity contribution is 7.90. The molecule has 8 heteroatoms. The van der Waals surface area contributed by atoms with Crippen molar-refractivity contribution in [2.45, 2.75) is 44.1 Å². The zero-order valence-corrected chi connectivity index (χ0v) is 18.8. The van der Waals surface area contributed by atoms with Crippen LogP contribution in [0.3, 0.4) is 0 Å². The quantitative estimate of drug-likeness (QED) is 0.730. The molecule has 0 saturated heterocycles. The fraction of sp³-hybridized carbons (Fsp3) is 0.500. The summed E-state index contributed by atoms with van der Waals surface area (Å²) in [6.07, 6.45) is 12.8. The third-order valence-corrected chi connectivity index (χ3v) is 8.86. The number of carbonyl (C=O) groups is 1. The molecule has 2 heterocycles. The number of para-hydroxylation sites is 2. The van der Waals surface area contributed by atoms with Gasteiger partial charge in [-0.2, -0.15) is 0 Å². The Kier molecular flexibility index (Phi) is 4.51. The van der Waals surface area contributed by atoms with Crippen LogP contribution in [0.15, 0.2) is 52.6 Å². The second-order valence-corrected chi connectivity index (χ2v) is 11.9. The van der Waals surface area contributed by atoms with Gasteiger partial charge in [0.15, 0.2) is 0 Å². The first-order valence-corrected chi connectivity index (χ1v) is 13.2. The topological polar surface area (TPSA) is 90.9 Å². The van der Waals surface area contributed by atoms with Crippen LogP contribution < -0.4 is 10.6 Å². The highest BCUT2D eigenvalue weighted by Crippen LogP contribution is 2.56. The lowest BCUT2D eigenvalue weighted by Gasteiger charge is -2.57. The minimum atomic E-state index is -3.41. The van der Waals surface area contributed by atoms with E-state index in [0.29, 0.717) is 18.0 Å². The number of amidine groups is 1. The minimum absolute atomic E-state index is 0.0481. The third kappa shape index (κ3) is 3.64. The number of hydrogen-bond acceptors (Lipinski definition) is 5. The summed E-state index contributed by atoms with van der Waals surface area (Å²) in [4.78, 5) is 14.8. The van der Waals surface area contributed by atoms with Gasteiger partial charge in [-0.1, -0.05) is 12.1 Å². The van der Waals surface area contributed by atoms with Gasteiger partial charge in [-0.25, -0.2) is 8.42 Å². The molecule has 2 aliphatic heterocycles. The summed E-state index contributed by atoms with van der Waals surface area (Å²) < 4.78 is 27.2. The molecule has 1 amide bonds. The van der Waals surface area contributed by atoms with Gasteiger partial charge in [-0.15, -0.1) is 4.40 Å². The summed E-state index contributed by atoms with van der Waals surface area (Å²) in [6, 6.07) is 7.94. The maximum Gasteiger partial charge on any atom is 0.257 e. The van der Waals surface area contributed by atoms with Gasteiger partial charge in [0.2, 0.25) is 0 Å². The van der Waals surface area contributed by atoms with Crippen molar-refractivity contribution in [3.05, 3.63) is 48.2 Å². The van der Waals surface area contributed by atoms with Gasteiger partial charge in [-0.3, -0.25) is 4.79 Å². The summed E-state index contributed by atoms with van der Waals surface area (Å²) in [7, 11) is -3.41. The van der Waals surface area contributed by atoms with Crippen LogP contribution in [0, 0.1) is 17.8 Å². The molecule has 0 spiro atoms. The van der Waals surface area contributed by atoms with E-state index in [1.165, 1.54) is 38.5 Å². The van der Waals surface area contributed by atoms with Crippen LogP contribution >= 0.6 is 0 Å². The zero-order chi connectivity index (χ0) is 21.9. The molecule has 0 unspecified atom stereocenters. The number of amides is 1. The lowest BCUT2D eigenvalue weighted by atomic mass is 9.53. The fourth-order valence-electron chi connectivity index (χ4n) is 6.78. The second-order valence-electron chi connectivity index (χ2n) is 10.2. The van der Waals surface area contributed by atoms with E-state index in [2.05, 4.69) is 21.1 Å². The summed E-state index contributed by atoms with van der Waals surface area (Å²) in [5.74, 6) is 2.63. The molecule has 7 nitrogen and oxygen atoms in total. The van der Waals surface area contributed by atoms with Crippen molar-refractivity contribution in [3.8, 4) is 0 Å². The van der Waals surface area contributed by atoms with Gasteiger partial charge in [0.25, 0.3) is 15.9 Å². The Morgan fingerprint density at radius 3 is 2.34 bits per heavy atom. The van der Waals surface area contributed by atoms with Crippen molar-refractivity contribution < 1.29 is 13.2 Å². The average molecular weight is 453 g/mol. The summed E-state index contributed by atoms with van der Waals surface area (Å²) in [6.45, 7) is 0.298. The molecule has 6 aliphatic rings. The normalized spacial score (nSPS) is 33.9. The number of nitrogens with zero attached hydrogens (tertiary/aromatic N) is 2. The van der Waals surface area contributed by atoms with Crippen LogP contribution in [-0.4, -0.2) is 42.9 Å². The SMILES string of the molecule is O=C(Nc1ccccc1NC12CC3CC(CC(C3)C1)C2)C1=CN2CCS(=O)(=O)N=C2C=C1. The number of hydrogen-bond donors (Lipinski definition) is 2. The molecule has 4 saturated carbocycles. The van der Waals surface area contributed by atoms with Crippen LogP contribution in [0.1, 0.15) is 38.5 Å². The van der Waals surface area contributed by atoms with E-state index in [4.69, 9.17) is 0 Å². The number of rotatable bonds is 4. The predicted octanol–water partition coefficient (Wildman–Crippen LogP) is 3.50.